The summed E-state index contributed by atoms with van der Waals surface area (Å²) in [5, 5.41) is 6.36. The Morgan fingerprint density at radius 2 is 2.00 bits per heavy atom. The van der Waals surface area contributed by atoms with Gasteiger partial charge in [-0.25, -0.2) is 9.97 Å². The first-order valence-electron chi connectivity index (χ1n) is 11.9. The Balaban J connectivity index is 1.39. The Labute approximate surface area is 199 Å². The van der Waals surface area contributed by atoms with Crippen LogP contribution in [0.2, 0.25) is 0 Å². The van der Waals surface area contributed by atoms with Crippen LogP contribution in [0.25, 0.3) is 11.3 Å². The lowest BCUT2D eigenvalue weighted by Gasteiger charge is -2.15. The van der Waals surface area contributed by atoms with Gasteiger partial charge in [0.1, 0.15) is 12.4 Å². The van der Waals surface area contributed by atoms with E-state index >= 15 is 0 Å². The summed E-state index contributed by atoms with van der Waals surface area (Å²) < 4.78 is 5.88. The first kappa shape index (κ1) is 22.1. The van der Waals surface area contributed by atoms with Crippen LogP contribution in [0.15, 0.2) is 66.9 Å². The van der Waals surface area contributed by atoms with E-state index in [1.165, 1.54) is 12.8 Å². The fourth-order valence-corrected chi connectivity index (χ4v) is 4.33. The van der Waals surface area contributed by atoms with Crippen LogP contribution in [0, 0.1) is 0 Å². The second-order valence-electron chi connectivity index (χ2n) is 8.63. The topological polar surface area (TPSA) is 79.4 Å². The minimum Gasteiger partial charge on any atom is -0.490 e. The molecule has 0 atom stereocenters. The molecule has 34 heavy (non-hydrogen) atoms. The number of hydrogen-bond acceptors (Lipinski definition) is 6. The largest absolute Gasteiger partial charge is 0.490 e. The van der Waals surface area contributed by atoms with Crippen molar-refractivity contribution in [3.63, 3.8) is 0 Å². The molecule has 0 radical (unpaired) electrons. The number of amides is 1. The molecule has 5 rings (SSSR count). The van der Waals surface area contributed by atoms with E-state index in [-0.39, 0.29) is 5.91 Å². The maximum Gasteiger partial charge on any atom is 0.251 e. The first-order valence-corrected chi connectivity index (χ1v) is 11.9. The molecule has 6 bridgehead atoms. The predicted octanol–water partition coefficient (Wildman–Crippen LogP) is 4.20. The van der Waals surface area contributed by atoms with Gasteiger partial charge in [0.2, 0.25) is 5.95 Å². The Kier molecular flexibility index (Phi) is 6.81. The van der Waals surface area contributed by atoms with Gasteiger partial charge in [0.05, 0.1) is 5.69 Å². The Morgan fingerprint density at radius 1 is 1.09 bits per heavy atom. The molecule has 174 valence electrons. The molecule has 7 heteroatoms. The van der Waals surface area contributed by atoms with Crippen molar-refractivity contribution in [3.8, 4) is 17.0 Å². The highest BCUT2D eigenvalue weighted by Crippen LogP contribution is 2.25. The van der Waals surface area contributed by atoms with Crippen LogP contribution in [0.3, 0.4) is 0 Å². The van der Waals surface area contributed by atoms with E-state index < -0.39 is 0 Å². The highest BCUT2D eigenvalue weighted by atomic mass is 16.5. The molecule has 3 aromatic rings. The number of carbonyl (C=O) groups is 1. The summed E-state index contributed by atoms with van der Waals surface area (Å²) in [4.78, 5) is 24.4. The van der Waals surface area contributed by atoms with E-state index in [0.29, 0.717) is 31.1 Å². The molecule has 0 aliphatic carbocycles. The summed E-state index contributed by atoms with van der Waals surface area (Å²) >= 11 is 0. The molecule has 1 aromatic heterocycles. The van der Waals surface area contributed by atoms with E-state index in [2.05, 4.69) is 31.6 Å². The molecule has 0 unspecified atom stereocenters. The third kappa shape index (κ3) is 5.61. The fraction of sp³-hybridized carbons (Fsp3) is 0.296. The molecular weight excluding hydrogens is 426 g/mol. The van der Waals surface area contributed by atoms with Crippen molar-refractivity contribution in [3.05, 3.63) is 78.0 Å². The molecular formula is C27H29N5O2. The molecule has 2 aliphatic heterocycles. The molecule has 2 N–H and O–H groups in total. The van der Waals surface area contributed by atoms with Gasteiger partial charge in [-0.2, -0.15) is 0 Å². The number of anilines is 2. The number of nitrogens with zero attached hydrogens (tertiary/aromatic N) is 3. The van der Waals surface area contributed by atoms with Crippen LogP contribution in [-0.4, -0.2) is 53.6 Å². The summed E-state index contributed by atoms with van der Waals surface area (Å²) in [6.45, 7) is 4.25. The van der Waals surface area contributed by atoms with Crippen molar-refractivity contribution < 1.29 is 9.53 Å². The zero-order chi connectivity index (χ0) is 23.2. The number of nitrogens with one attached hydrogen (secondary N) is 2. The van der Waals surface area contributed by atoms with E-state index in [1.807, 2.05) is 54.6 Å². The Morgan fingerprint density at radius 3 is 2.91 bits per heavy atom. The highest BCUT2D eigenvalue weighted by Gasteiger charge is 2.13. The minimum atomic E-state index is -0.0694. The lowest BCUT2D eigenvalue weighted by atomic mass is 10.1. The van der Waals surface area contributed by atoms with Gasteiger partial charge in [-0.05, 0) is 74.3 Å². The number of carbonyl (C=O) groups excluding carboxylic acids is 1. The normalized spacial score (nSPS) is 16.5. The van der Waals surface area contributed by atoms with Crippen LogP contribution < -0.4 is 15.4 Å². The average Bonchev–Trinajstić information content (AvgIpc) is 3.37. The van der Waals surface area contributed by atoms with Gasteiger partial charge in [-0.3, -0.25) is 4.79 Å². The van der Waals surface area contributed by atoms with Gasteiger partial charge >= 0.3 is 0 Å². The molecule has 0 saturated carbocycles. The molecule has 3 heterocycles. The second-order valence-corrected chi connectivity index (χ2v) is 8.63. The SMILES string of the molecule is O=C(NCCN1CCCC1)c1cc2cc(c1)Nc1nccc(n1)-c1cccc(c1)OC/C=C/C2. The monoisotopic (exact) mass is 455 g/mol. The first-order chi connectivity index (χ1) is 16.7. The lowest BCUT2D eigenvalue weighted by Crippen LogP contribution is -2.33. The van der Waals surface area contributed by atoms with Gasteiger partial charge in [0, 0.05) is 36.1 Å². The van der Waals surface area contributed by atoms with Crippen molar-refractivity contribution in [1.29, 1.82) is 0 Å². The number of fused-ring (bicyclic) bond motifs is 7. The predicted molar refractivity (Wildman–Crippen MR) is 134 cm³/mol. The van der Waals surface area contributed by atoms with Gasteiger partial charge in [0.15, 0.2) is 0 Å². The maximum atomic E-state index is 12.9. The molecule has 7 nitrogen and oxygen atoms in total. The highest BCUT2D eigenvalue weighted by molar-refractivity contribution is 5.95. The number of ether oxygens (including phenoxy) is 1. The van der Waals surface area contributed by atoms with Crippen molar-refractivity contribution >= 4 is 17.5 Å². The van der Waals surface area contributed by atoms with Gasteiger partial charge in [0.25, 0.3) is 5.91 Å². The number of hydrogen-bond donors (Lipinski definition) is 2. The Bertz CT molecular complexity index is 1190. The number of allylic oxidation sites excluding steroid dienone is 1. The smallest absolute Gasteiger partial charge is 0.251 e. The maximum absolute atomic E-state index is 12.9. The van der Waals surface area contributed by atoms with Crippen LogP contribution in [0.1, 0.15) is 28.8 Å². The quantitative estimate of drug-likeness (QED) is 0.574. The lowest BCUT2D eigenvalue weighted by molar-refractivity contribution is 0.0949. The van der Waals surface area contributed by atoms with Crippen molar-refractivity contribution in [1.82, 2.24) is 20.2 Å². The third-order valence-corrected chi connectivity index (χ3v) is 6.08. The summed E-state index contributed by atoms with van der Waals surface area (Å²) in [5.74, 6) is 1.20. The number of rotatable bonds is 4. The van der Waals surface area contributed by atoms with Gasteiger partial charge < -0.3 is 20.3 Å². The van der Waals surface area contributed by atoms with Crippen molar-refractivity contribution in [2.75, 3.05) is 38.1 Å². The van der Waals surface area contributed by atoms with Crippen LogP contribution in [0.4, 0.5) is 11.6 Å². The summed E-state index contributed by atoms with van der Waals surface area (Å²) in [7, 11) is 0. The summed E-state index contributed by atoms with van der Waals surface area (Å²) in [6, 6.07) is 15.6. The van der Waals surface area contributed by atoms with E-state index in [9.17, 15) is 4.79 Å². The standard InChI is InChI=1S/C27H29N5O2/c33-26(28-11-14-32-12-2-3-13-32)22-16-20-6-1-4-15-34-24-8-5-7-21(19-24)25-9-10-29-27(31-25)30-23(17-20)18-22/h1,4-5,7-10,16-19H,2-3,6,11-15H2,(H,28,33)(H,29,30,31)/b4-1+. The zero-order valence-corrected chi connectivity index (χ0v) is 19.2. The van der Waals surface area contributed by atoms with Gasteiger partial charge in [-0.15, -0.1) is 0 Å². The molecule has 1 saturated heterocycles. The van der Waals surface area contributed by atoms with E-state index in [4.69, 9.17) is 4.74 Å². The Hall–Kier alpha value is -3.71. The number of benzene rings is 2. The van der Waals surface area contributed by atoms with E-state index in [0.717, 1.165) is 47.9 Å². The second kappa shape index (κ2) is 10.5. The molecule has 2 aliphatic rings. The summed E-state index contributed by atoms with van der Waals surface area (Å²) in [5.41, 5.74) is 4.18. The van der Waals surface area contributed by atoms with Gasteiger partial charge in [-0.1, -0.05) is 24.3 Å². The molecule has 1 amide bonds. The van der Waals surface area contributed by atoms with Crippen molar-refractivity contribution in [2.24, 2.45) is 0 Å². The fourth-order valence-electron chi connectivity index (χ4n) is 4.33. The zero-order valence-electron chi connectivity index (χ0n) is 19.2. The average molecular weight is 456 g/mol. The van der Waals surface area contributed by atoms with Crippen LogP contribution in [0.5, 0.6) is 5.75 Å². The minimum absolute atomic E-state index is 0.0694. The van der Waals surface area contributed by atoms with E-state index in [1.54, 1.807) is 6.20 Å². The summed E-state index contributed by atoms with van der Waals surface area (Å²) in [6.07, 6.45) is 8.98. The van der Waals surface area contributed by atoms with Crippen LogP contribution >= 0.6 is 0 Å². The van der Waals surface area contributed by atoms with Crippen molar-refractivity contribution in [2.45, 2.75) is 19.3 Å². The molecule has 2 aromatic carbocycles. The molecule has 1 fully saturated rings. The van der Waals surface area contributed by atoms with Crippen LogP contribution in [-0.2, 0) is 6.42 Å². The third-order valence-electron chi connectivity index (χ3n) is 6.08. The number of likely N-dealkylation sites (tertiary alicyclic amines) is 1. The number of aromatic nitrogens is 2. The molecule has 0 spiro atoms.